The molecule has 150 valence electrons. The highest BCUT2D eigenvalue weighted by atomic mass is 16.5. The molecule has 1 aromatic heterocycles. The lowest BCUT2D eigenvalue weighted by molar-refractivity contribution is -0.129. The number of ketones is 2. The summed E-state index contributed by atoms with van der Waals surface area (Å²) in [6.45, 7) is 5.70. The van der Waals surface area contributed by atoms with Gasteiger partial charge in [-0.1, -0.05) is 44.2 Å². The summed E-state index contributed by atoms with van der Waals surface area (Å²) in [4.78, 5) is 28.4. The van der Waals surface area contributed by atoms with Crippen LogP contribution in [0.25, 0.3) is 0 Å². The second-order valence-electron chi connectivity index (χ2n) is 7.63. The fourth-order valence-electron chi connectivity index (χ4n) is 4.63. The molecule has 1 heterocycles. The Morgan fingerprint density at radius 2 is 1.93 bits per heavy atom. The molecular formula is C22H28N2O4. The molecule has 0 amide bonds. The number of rotatable bonds is 7. The molecule has 0 saturated carbocycles. The van der Waals surface area contributed by atoms with Crippen LogP contribution in [0.5, 0.6) is 5.88 Å². The van der Waals surface area contributed by atoms with Gasteiger partial charge in [-0.2, -0.15) is 0 Å². The summed E-state index contributed by atoms with van der Waals surface area (Å²) in [6.07, 6.45) is 1.12. The molecule has 6 heteroatoms. The number of carbonyl (C=O) groups is 2. The van der Waals surface area contributed by atoms with Gasteiger partial charge in [0.05, 0.1) is 11.5 Å². The number of nitrogens with zero attached hydrogens (tertiary/aromatic N) is 2. The first kappa shape index (κ1) is 20.3. The molecule has 0 bridgehead atoms. The van der Waals surface area contributed by atoms with Gasteiger partial charge in [0.2, 0.25) is 0 Å². The van der Waals surface area contributed by atoms with Crippen LogP contribution < -0.4 is 4.74 Å². The standard InChI is InChI=1S/C22H28N2O4/c1-6-16-18(24(4)5)19-17(20(26)22(16,7-2)14(3)25)21(23-28-19)27-13-15-11-9-8-10-12-15/h8-12,16,18H,6-7,13H2,1-5H3. The average molecular weight is 384 g/mol. The highest BCUT2D eigenvalue weighted by molar-refractivity contribution is 6.16. The van der Waals surface area contributed by atoms with Crippen LogP contribution in [-0.4, -0.2) is 35.7 Å². The Morgan fingerprint density at radius 3 is 2.46 bits per heavy atom. The second kappa shape index (κ2) is 7.87. The lowest BCUT2D eigenvalue weighted by atomic mass is 9.58. The molecule has 0 radical (unpaired) electrons. The minimum absolute atomic E-state index is 0.112. The first-order chi connectivity index (χ1) is 13.4. The highest BCUT2D eigenvalue weighted by Gasteiger charge is 2.58. The Labute approximate surface area is 165 Å². The van der Waals surface area contributed by atoms with Crippen molar-refractivity contribution >= 4 is 11.6 Å². The average Bonchev–Trinajstić information content (AvgIpc) is 3.10. The summed E-state index contributed by atoms with van der Waals surface area (Å²) < 4.78 is 11.5. The van der Waals surface area contributed by atoms with E-state index >= 15 is 0 Å². The minimum atomic E-state index is -1.09. The van der Waals surface area contributed by atoms with Gasteiger partial charge in [0.15, 0.2) is 11.5 Å². The SMILES string of the molecule is CCC1C(N(C)C)c2onc(OCc3ccccc3)c2C(=O)C1(CC)C(C)=O. The van der Waals surface area contributed by atoms with Crippen molar-refractivity contribution in [2.75, 3.05) is 14.1 Å². The van der Waals surface area contributed by atoms with Crippen LogP contribution in [0.4, 0.5) is 0 Å². The minimum Gasteiger partial charge on any atom is -0.470 e. The predicted molar refractivity (Wildman–Crippen MR) is 105 cm³/mol. The zero-order valence-electron chi connectivity index (χ0n) is 17.2. The van der Waals surface area contributed by atoms with Crippen molar-refractivity contribution in [2.45, 2.75) is 46.3 Å². The van der Waals surface area contributed by atoms with Crippen molar-refractivity contribution < 1.29 is 18.8 Å². The summed E-state index contributed by atoms with van der Waals surface area (Å²) in [5.74, 6) is 0.144. The predicted octanol–water partition coefficient (Wildman–Crippen LogP) is 4.06. The number of aromatic nitrogens is 1. The number of carbonyl (C=O) groups excluding carboxylic acids is 2. The monoisotopic (exact) mass is 384 g/mol. The molecule has 0 fully saturated rings. The molecule has 1 aromatic carbocycles. The third-order valence-electron chi connectivity index (χ3n) is 6.00. The molecule has 3 rings (SSSR count). The van der Waals surface area contributed by atoms with Crippen LogP contribution in [0.1, 0.15) is 61.3 Å². The quantitative estimate of drug-likeness (QED) is 0.670. The van der Waals surface area contributed by atoms with Gasteiger partial charge in [-0.15, -0.1) is 0 Å². The third-order valence-corrected chi connectivity index (χ3v) is 6.00. The summed E-state index contributed by atoms with van der Waals surface area (Å²) in [5.41, 5.74) is 0.190. The Hall–Kier alpha value is -2.47. The van der Waals surface area contributed by atoms with Crippen molar-refractivity contribution in [1.82, 2.24) is 10.1 Å². The summed E-state index contributed by atoms with van der Waals surface area (Å²) in [5, 5.41) is 4.07. The van der Waals surface area contributed by atoms with Crippen LogP contribution >= 0.6 is 0 Å². The van der Waals surface area contributed by atoms with E-state index in [1.165, 1.54) is 6.92 Å². The zero-order valence-corrected chi connectivity index (χ0v) is 17.2. The number of Topliss-reactive ketones (excluding diaryl/α,β-unsaturated/α-hetero) is 2. The maximum atomic E-state index is 13.6. The smallest absolute Gasteiger partial charge is 0.265 e. The fourth-order valence-corrected chi connectivity index (χ4v) is 4.63. The maximum absolute atomic E-state index is 13.6. The highest BCUT2D eigenvalue weighted by Crippen LogP contribution is 2.53. The number of hydrogen-bond donors (Lipinski definition) is 0. The van der Waals surface area contributed by atoms with Crippen molar-refractivity contribution in [3.63, 3.8) is 0 Å². The zero-order chi connectivity index (χ0) is 20.5. The normalized spacial score (nSPS) is 24.3. The Kier molecular flexibility index (Phi) is 5.70. The van der Waals surface area contributed by atoms with Crippen LogP contribution in [0.3, 0.4) is 0 Å². The molecule has 2 aromatic rings. The molecular weight excluding hydrogens is 356 g/mol. The molecule has 28 heavy (non-hydrogen) atoms. The van der Waals surface area contributed by atoms with E-state index in [1.807, 2.05) is 63.2 Å². The Bertz CT molecular complexity index is 859. The molecule has 3 atom stereocenters. The molecule has 1 aliphatic carbocycles. The van der Waals surface area contributed by atoms with E-state index in [1.54, 1.807) is 0 Å². The largest absolute Gasteiger partial charge is 0.470 e. The molecule has 0 N–H and O–H groups in total. The van der Waals surface area contributed by atoms with Gasteiger partial charge in [0.25, 0.3) is 5.88 Å². The lowest BCUT2D eigenvalue weighted by Crippen LogP contribution is -2.52. The van der Waals surface area contributed by atoms with E-state index in [9.17, 15) is 9.59 Å². The molecule has 0 spiro atoms. The molecule has 0 aliphatic heterocycles. The second-order valence-corrected chi connectivity index (χ2v) is 7.63. The van der Waals surface area contributed by atoms with Crippen LogP contribution in [0, 0.1) is 11.3 Å². The van der Waals surface area contributed by atoms with E-state index in [-0.39, 0.29) is 36.0 Å². The van der Waals surface area contributed by atoms with Gasteiger partial charge in [-0.25, -0.2) is 0 Å². The summed E-state index contributed by atoms with van der Waals surface area (Å²) in [7, 11) is 3.86. The fraction of sp³-hybridized carbons (Fsp3) is 0.500. The maximum Gasteiger partial charge on any atom is 0.265 e. The number of hydrogen-bond acceptors (Lipinski definition) is 6. The number of fused-ring (bicyclic) bond motifs is 1. The van der Waals surface area contributed by atoms with Gasteiger partial charge in [-0.3, -0.25) is 14.5 Å². The molecule has 6 nitrogen and oxygen atoms in total. The third kappa shape index (κ3) is 3.05. The van der Waals surface area contributed by atoms with E-state index in [0.717, 1.165) is 5.56 Å². The van der Waals surface area contributed by atoms with E-state index in [2.05, 4.69) is 5.16 Å². The lowest BCUT2D eigenvalue weighted by Gasteiger charge is -2.45. The molecule has 1 aliphatic rings. The van der Waals surface area contributed by atoms with Crippen molar-refractivity contribution in [3.8, 4) is 5.88 Å². The van der Waals surface area contributed by atoms with Gasteiger partial charge >= 0.3 is 0 Å². The van der Waals surface area contributed by atoms with Gasteiger partial charge < -0.3 is 9.26 Å². The summed E-state index contributed by atoms with van der Waals surface area (Å²) in [6, 6.07) is 9.44. The van der Waals surface area contributed by atoms with Gasteiger partial charge in [-0.05, 0) is 44.6 Å². The molecule has 0 saturated heterocycles. The Morgan fingerprint density at radius 1 is 1.25 bits per heavy atom. The number of ether oxygens (including phenoxy) is 1. The van der Waals surface area contributed by atoms with E-state index < -0.39 is 5.41 Å². The van der Waals surface area contributed by atoms with Crippen LogP contribution in [-0.2, 0) is 11.4 Å². The Balaban J connectivity index is 2.08. The molecule has 3 unspecified atom stereocenters. The topological polar surface area (TPSA) is 72.6 Å². The first-order valence-corrected chi connectivity index (χ1v) is 9.76. The van der Waals surface area contributed by atoms with Gasteiger partial charge in [0.1, 0.15) is 18.0 Å². The first-order valence-electron chi connectivity index (χ1n) is 9.76. The number of benzene rings is 1. The van der Waals surface area contributed by atoms with Gasteiger partial charge in [0, 0.05) is 5.92 Å². The van der Waals surface area contributed by atoms with E-state index in [4.69, 9.17) is 9.26 Å². The van der Waals surface area contributed by atoms with Crippen molar-refractivity contribution in [3.05, 3.63) is 47.2 Å². The van der Waals surface area contributed by atoms with Crippen molar-refractivity contribution in [1.29, 1.82) is 0 Å². The summed E-state index contributed by atoms with van der Waals surface area (Å²) >= 11 is 0. The van der Waals surface area contributed by atoms with Crippen LogP contribution in [0.2, 0.25) is 0 Å². The van der Waals surface area contributed by atoms with Crippen LogP contribution in [0.15, 0.2) is 34.9 Å². The van der Waals surface area contributed by atoms with E-state index in [0.29, 0.717) is 24.2 Å². The van der Waals surface area contributed by atoms with Crippen molar-refractivity contribution in [2.24, 2.45) is 11.3 Å².